The van der Waals surface area contributed by atoms with E-state index in [1.165, 1.54) is 0 Å². The third-order valence-corrected chi connectivity index (χ3v) is 2.66. The summed E-state index contributed by atoms with van der Waals surface area (Å²) in [6.45, 7) is 5.07. The van der Waals surface area contributed by atoms with Crippen molar-refractivity contribution in [3.05, 3.63) is 28.7 Å². The summed E-state index contributed by atoms with van der Waals surface area (Å²) >= 11 is 3.41. The summed E-state index contributed by atoms with van der Waals surface area (Å²) in [4.78, 5) is 4.28. The Balaban J connectivity index is 2.12. The molecule has 0 aliphatic heterocycles. The Labute approximate surface area is 109 Å². The molecule has 0 bridgehead atoms. The number of hydrogen-bond acceptors (Lipinski definition) is 4. The van der Waals surface area contributed by atoms with E-state index in [-0.39, 0.29) is 0 Å². The van der Waals surface area contributed by atoms with Crippen LogP contribution in [0.2, 0.25) is 0 Å². The molecule has 17 heavy (non-hydrogen) atoms. The molecule has 0 aliphatic carbocycles. The predicted octanol–water partition coefficient (Wildman–Crippen LogP) is 3.57. The minimum Gasteiger partial charge on any atom is -0.337 e. The SMILES string of the molecule is CC(C)CNc1nc(-c2cccc(Br)c2)no1. The van der Waals surface area contributed by atoms with Gasteiger partial charge in [0.15, 0.2) is 0 Å². The third-order valence-electron chi connectivity index (χ3n) is 2.17. The first kappa shape index (κ1) is 12.1. The lowest BCUT2D eigenvalue weighted by Gasteiger charge is -2.02. The molecule has 1 aromatic carbocycles. The van der Waals surface area contributed by atoms with Crippen LogP contribution in [0.5, 0.6) is 0 Å². The van der Waals surface area contributed by atoms with Crippen LogP contribution < -0.4 is 5.32 Å². The number of halogens is 1. The summed E-state index contributed by atoms with van der Waals surface area (Å²) in [7, 11) is 0. The number of anilines is 1. The van der Waals surface area contributed by atoms with E-state index < -0.39 is 0 Å². The molecule has 2 rings (SSSR count). The minimum atomic E-state index is 0.466. The highest BCUT2D eigenvalue weighted by Crippen LogP contribution is 2.21. The first-order chi connectivity index (χ1) is 8.15. The van der Waals surface area contributed by atoms with Crippen LogP contribution in [-0.2, 0) is 0 Å². The summed E-state index contributed by atoms with van der Waals surface area (Å²) in [6.07, 6.45) is 0. The van der Waals surface area contributed by atoms with E-state index in [0.717, 1.165) is 16.6 Å². The largest absolute Gasteiger partial charge is 0.337 e. The average Bonchev–Trinajstić information content (AvgIpc) is 2.75. The van der Waals surface area contributed by atoms with E-state index in [2.05, 4.69) is 45.2 Å². The Morgan fingerprint density at radius 1 is 1.41 bits per heavy atom. The van der Waals surface area contributed by atoms with Gasteiger partial charge in [-0.3, -0.25) is 0 Å². The van der Waals surface area contributed by atoms with Gasteiger partial charge in [0.05, 0.1) is 0 Å². The van der Waals surface area contributed by atoms with Crippen molar-refractivity contribution in [2.24, 2.45) is 5.92 Å². The first-order valence-electron chi connectivity index (χ1n) is 5.48. The molecule has 2 aromatic rings. The normalized spacial score (nSPS) is 10.8. The fourth-order valence-electron chi connectivity index (χ4n) is 1.33. The maximum Gasteiger partial charge on any atom is 0.321 e. The van der Waals surface area contributed by atoms with Crippen LogP contribution in [-0.4, -0.2) is 16.7 Å². The van der Waals surface area contributed by atoms with Crippen LogP contribution in [0.4, 0.5) is 6.01 Å². The number of rotatable bonds is 4. The Morgan fingerprint density at radius 3 is 2.94 bits per heavy atom. The number of nitrogens with one attached hydrogen (secondary N) is 1. The molecule has 0 radical (unpaired) electrons. The molecule has 90 valence electrons. The van der Waals surface area contributed by atoms with Crippen LogP contribution in [0.15, 0.2) is 33.3 Å². The van der Waals surface area contributed by atoms with Gasteiger partial charge in [-0.15, -0.1) is 0 Å². The zero-order chi connectivity index (χ0) is 12.3. The highest BCUT2D eigenvalue weighted by Gasteiger charge is 2.08. The van der Waals surface area contributed by atoms with Gasteiger partial charge < -0.3 is 9.84 Å². The molecule has 0 fully saturated rings. The highest BCUT2D eigenvalue weighted by molar-refractivity contribution is 9.10. The van der Waals surface area contributed by atoms with Gasteiger partial charge in [0, 0.05) is 16.6 Å². The van der Waals surface area contributed by atoms with Crippen LogP contribution in [0.3, 0.4) is 0 Å². The second-order valence-corrected chi connectivity index (χ2v) is 5.12. The van der Waals surface area contributed by atoms with Crippen molar-refractivity contribution in [3.8, 4) is 11.4 Å². The van der Waals surface area contributed by atoms with Crippen LogP contribution in [0.25, 0.3) is 11.4 Å². The zero-order valence-electron chi connectivity index (χ0n) is 9.77. The molecule has 1 aromatic heterocycles. The Bertz CT molecular complexity index is 496. The van der Waals surface area contributed by atoms with Gasteiger partial charge in [-0.05, 0) is 18.1 Å². The van der Waals surface area contributed by atoms with Gasteiger partial charge in [0.2, 0.25) is 5.82 Å². The second-order valence-electron chi connectivity index (χ2n) is 4.21. The molecule has 4 nitrogen and oxygen atoms in total. The summed E-state index contributed by atoms with van der Waals surface area (Å²) in [6, 6.07) is 8.27. The fraction of sp³-hybridized carbons (Fsp3) is 0.333. The van der Waals surface area contributed by atoms with E-state index >= 15 is 0 Å². The smallest absolute Gasteiger partial charge is 0.321 e. The zero-order valence-corrected chi connectivity index (χ0v) is 11.4. The standard InChI is InChI=1S/C12H14BrN3O/c1-8(2)7-14-12-15-11(16-17-12)9-4-3-5-10(13)6-9/h3-6,8H,7H2,1-2H3,(H,14,15,16). The number of benzene rings is 1. The molecular formula is C12H14BrN3O. The molecule has 1 heterocycles. The van der Waals surface area contributed by atoms with E-state index in [1.807, 2.05) is 24.3 Å². The third kappa shape index (κ3) is 3.30. The Morgan fingerprint density at radius 2 is 2.24 bits per heavy atom. The van der Waals surface area contributed by atoms with E-state index in [0.29, 0.717) is 17.8 Å². The van der Waals surface area contributed by atoms with Crippen molar-refractivity contribution < 1.29 is 4.52 Å². The van der Waals surface area contributed by atoms with Crippen LogP contribution >= 0.6 is 15.9 Å². The molecule has 5 heteroatoms. The number of nitrogens with zero attached hydrogens (tertiary/aromatic N) is 2. The lowest BCUT2D eigenvalue weighted by atomic mass is 10.2. The van der Waals surface area contributed by atoms with Crippen molar-refractivity contribution in [2.45, 2.75) is 13.8 Å². The minimum absolute atomic E-state index is 0.466. The average molecular weight is 296 g/mol. The monoisotopic (exact) mass is 295 g/mol. The lowest BCUT2D eigenvalue weighted by Crippen LogP contribution is -2.07. The maximum atomic E-state index is 5.12. The molecule has 1 N–H and O–H groups in total. The van der Waals surface area contributed by atoms with Crippen molar-refractivity contribution in [1.82, 2.24) is 10.1 Å². The van der Waals surface area contributed by atoms with Gasteiger partial charge in [-0.1, -0.05) is 47.1 Å². The van der Waals surface area contributed by atoms with E-state index in [1.54, 1.807) is 0 Å². The maximum absolute atomic E-state index is 5.12. The van der Waals surface area contributed by atoms with Crippen molar-refractivity contribution in [2.75, 3.05) is 11.9 Å². The van der Waals surface area contributed by atoms with E-state index in [9.17, 15) is 0 Å². The van der Waals surface area contributed by atoms with Crippen molar-refractivity contribution in [3.63, 3.8) is 0 Å². The topological polar surface area (TPSA) is 51.0 Å². The quantitative estimate of drug-likeness (QED) is 0.937. The fourth-order valence-corrected chi connectivity index (χ4v) is 1.73. The molecule has 0 saturated heterocycles. The molecule has 0 saturated carbocycles. The number of aromatic nitrogens is 2. The molecular weight excluding hydrogens is 282 g/mol. The van der Waals surface area contributed by atoms with Crippen molar-refractivity contribution >= 4 is 21.9 Å². The number of hydrogen-bond donors (Lipinski definition) is 1. The van der Waals surface area contributed by atoms with Crippen molar-refractivity contribution in [1.29, 1.82) is 0 Å². The van der Waals surface area contributed by atoms with Gasteiger partial charge in [0.25, 0.3) is 0 Å². The van der Waals surface area contributed by atoms with Gasteiger partial charge in [0.1, 0.15) is 0 Å². The highest BCUT2D eigenvalue weighted by atomic mass is 79.9. The lowest BCUT2D eigenvalue weighted by molar-refractivity contribution is 0.429. The van der Waals surface area contributed by atoms with Crippen LogP contribution in [0, 0.1) is 5.92 Å². The van der Waals surface area contributed by atoms with Crippen LogP contribution in [0.1, 0.15) is 13.8 Å². The van der Waals surface area contributed by atoms with Gasteiger partial charge >= 0.3 is 6.01 Å². The first-order valence-corrected chi connectivity index (χ1v) is 6.28. The van der Waals surface area contributed by atoms with Gasteiger partial charge in [-0.2, -0.15) is 4.98 Å². The molecule has 0 unspecified atom stereocenters. The molecule has 0 atom stereocenters. The Kier molecular flexibility index (Phi) is 3.78. The predicted molar refractivity (Wildman–Crippen MR) is 70.8 cm³/mol. The second kappa shape index (κ2) is 5.31. The molecule has 0 spiro atoms. The van der Waals surface area contributed by atoms with Gasteiger partial charge in [-0.25, -0.2) is 0 Å². The molecule has 0 aliphatic rings. The summed E-state index contributed by atoms with van der Waals surface area (Å²) in [5.74, 6) is 1.13. The summed E-state index contributed by atoms with van der Waals surface area (Å²) < 4.78 is 6.12. The summed E-state index contributed by atoms with van der Waals surface area (Å²) in [5.41, 5.74) is 0.931. The summed E-state index contributed by atoms with van der Waals surface area (Å²) in [5, 5.41) is 7.03. The molecule has 0 amide bonds. The van der Waals surface area contributed by atoms with E-state index in [4.69, 9.17) is 4.52 Å². The Hall–Kier alpha value is -1.36.